The third-order valence-corrected chi connectivity index (χ3v) is 2.90. The van der Waals surface area contributed by atoms with Gasteiger partial charge in [0.15, 0.2) is 0 Å². The fraction of sp³-hybridized carbons (Fsp3) is 0.267. The lowest BCUT2D eigenvalue weighted by Gasteiger charge is -2.19. The van der Waals surface area contributed by atoms with Gasteiger partial charge in [-0.3, -0.25) is 4.98 Å². The van der Waals surface area contributed by atoms with E-state index in [4.69, 9.17) is 5.26 Å². The number of nitrogens with one attached hydrogen (secondary N) is 1. The molecular formula is C15H17N5. The Labute approximate surface area is 118 Å². The first-order chi connectivity index (χ1) is 9.74. The van der Waals surface area contributed by atoms with Crippen molar-refractivity contribution in [3.63, 3.8) is 0 Å². The molecule has 0 bridgehead atoms. The van der Waals surface area contributed by atoms with E-state index in [0.29, 0.717) is 12.1 Å². The number of benzene rings is 1. The van der Waals surface area contributed by atoms with Gasteiger partial charge in [-0.2, -0.15) is 5.26 Å². The average Bonchev–Trinajstić information content (AvgIpc) is 2.49. The Bertz CT molecular complexity index is 600. The van der Waals surface area contributed by atoms with Crippen molar-refractivity contribution in [1.82, 2.24) is 9.97 Å². The van der Waals surface area contributed by atoms with Gasteiger partial charge in [0.05, 0.1) is 35.9 Å². The highest BCUT2D eigenvalue weighted by molar-refractivity contribution is 5.58. The number of nitriles is 1. The van der Waals surface area contributed by atoms with Gasteiger partial charge in [0.25, 0.3) is 0 Å². The highest BCUT2D eigenvalue weighted by atomic mass is 15.1. The minimum Gasteiger partial charge on any atom is -0.369 e. The summed E-state index contributed by atoms with van der Waals surface area (Å²) in [6.45, 7) is 3.45. The van der Waals surface area contributed by atoms with Crippen molar-refractivity contribution >= 4 is 11.5 Å². The van der Waals surface area contributed by atoms with Gasteiger partial charge < -0.3 is 10.2 Å². The summed E-state index contributed by atoms with van der Waals surface area (Å²) in [6, 6.07) is 9.73. The van der Waals surface area contributed by atoms with Gasteiger partial charge in [-0.05, 0) is 19.1 Å². The second-order valence-electron chi connectivity index (χ2n) is 4.41. The zero-order valence-electron chi connectivity index (χ0n) is 11.7. The van der Waals surface area contributed by atoms with Gasteiger partial charge in [-0.25, -0.2) is 4.98 Å². The molecule has 0 saturated carbocycles. The molecular weight excluding hydrogens is 250 g/mol. The fourth-order valence-corrected chi connectivity index (χ4v) is 1.94. The molecule has 2 rings (SSSR count). The van der Waals surface area contributed by atoms with Crippen LogP contribution in [0.5, 0.6) is 0 Å². The highest BCUT2D eigenvalue weighted by Crippen LogP contribution is 2.19. The number of nitrogens with zero attached hydrogens (tertiary/aromatic N) is 4. The van der Waals surface area contributed by atoms with Gasteiger partial charge in [-0.15, -0.1) is 0 Å². The monoisotopic (exact) mass is 267 g/mol. The molecule has 0 radical (unpaired) electrons. The summed E-state index contributed by atoms with van der Waals surface area (Å²) < 4.78 is 0. The summed E-state index contributed by atoms with van der Waals surface area (Å²) in [5.41, 5.74) is 2.42. The summed E-state index contributed by atoms with van der Waals surface area (Å²) in [5.74, 6) is 0.774. The quantitative estimate of drug-likeness (QED) is 0.901. The van der Waals surface area contributed by atoms with Gasteiger partial charge in [0.1, 0.15) is 11.9 Å². The smallest absolute Gasteiger partial charge is 0.144 e. The summed E-state index contributed by atoms with van der Waals surface area (Å²) in [5, 5.41) is 12.2. The van der Waals surface area contributed by atoms with E-state index in [0.717, 1.165) is 23.7 Å². The molecule has 0 fully saturated rings. The molecule has 0 atom stereocenters. The van der Waals surface area contributed by atoms with Crippen LogP contribution in [-0.4, -0.2) is 23.6 Å². The number of rotatable bonds is 5. The van der Waals surface area contributed by atoms with Crippen molar-refractivity contribution in [3.8, 4) is 6.07 Å². The second kappa shape index (κ2) is 6.53. The first-order valence-electron chi connectivity index (χ1n) is 6.49. The molecule has 1 heterocycles. The van der Waals surface area contributed by atoms with E-state index in [2.05, 4.69) is 21.4 Å². The lowest BCUT2D eigenvalue weighted by atomic mass is 10.2. The molecule has 0 saturated heterocycles. The lowest BCUT2D eigenvalue weighted by molar-refractivity contribution is 0.871. The van der Waals surface area contributed by atoms with Crippen LogP contribution in [0.25, 0.3) is 0 Å². The van der Waals surface area contributed by atoms with Gasteiger partial charge >= 0.3 is 0 Å². The lowest BCUT2D eigenvalue weighted by Crippen LogP contribution is -2.18. The zero-order chi connectivity index (χ0) is 14.4. The van der Waals surface area contributed by atoms with Crippen molar-refractivity contribution in [2.75, 3.05) is 23.8 Å². The Morgan fingerprint density at radius 2 is 2.05 bits per heavy atom. The predicted octanol–water partition coefficient (Wildman–Crippen LogP) is 2.42. The average molecular weight is 267 g/mol. The molecule has 2 aromatic rings. The molecule has 102 valence electrons. The van der Waals surface area contributed by atoms with Crippen molar-refractivity contribution in [3.05, 3.63) is 47.9 Å². The fourth-order valence-electron chi connectivity index (χ4n) is 1.94. The highest BCUT2D eigenvalue weighted by Gasteiger charge is 2.08. The van der Waals surface area contributed by atoms with E-state index in [1.54, 1.807) is 12.4 Å². The number of hydrogen-bond acceptors (Lipinski definition) is 5. The Balaban J connectivity index is 2.11. The maximum absolute atomic E-state index is 9.12. The first-order valence-corrected chi connectivity index (χ1v) is 6.49. The molecule has 5 heteroatoms. The summed E-state index contributed by atoms with van der Waals surface area (Å²) in [7, 11) is 1.94. The third kappa shape index (κ3) is 3.23. The van der Waals surface area contributed by atoms with E-state index in [1.165, 1.54) is 0 Å². The second-order valence-corrected chi connectivity index (χ2v) is 4.41. The maximum atomic E-state index is 9.12. The van der Waals surface area contributed by atoms with Crippen molar-refractivity contribution in [2.24, 2.45) is 0 Å². The molecule has 5 nitrogen and oxygen atoms in total. The molecule has 20 heavy (non-hydrogen) atoms. The summed E-state index contributed by atoms with van der Waals surface area (Å²) >= 11 is 0. The Kier molecular flexibility index (Phi) is 4.51. The van der Waals surface area contributed by atoms with Gasteiger partial charge in [-0.1, -0.05) is 12.1 Å². The van der Waals surface area contributed by atoms with Crippen molar-refractivity contribution < 1.29 is 0 Å². The van der Waals surface area contributed by atoms with Crippen LogP contribution in [0.3, 0.4) is 0 Å². The normalized spacial score (nSPS) is 9.85. The van der Waals surface area contributed by atoms with Gasteiger partial charge in [0, 0.05) is 13.6 Å². The largest absolute Gasteiger partial charge is 0.369 e. The van der Waals surface area contributed by atoms with E-state index < -0.39 is 0 Å². The molecule has 1 N–H and O–H groups in total. The number of anilines is 2. The molecule has 0 aliphatic heterocycles. The van der Waals surface area contributed by atoms with E-state index in [-0.39, 0.29) is 0 Å². The number of aromatic nitrogens is 2. The van der Waals surface area contributed by atoms with Crippen LogP contribution in [0.2, 0.25) is 0 Å². The van der Waals surface area contributed by atoms with E-state index in [9.17, 15) is 0 Å². The van der Waals surface area contributed by atoms with Crippen LogP contribution < -0.4 is 10.2 Å². The molecule has 1 aromatic heterocycles. The molecule has 0 aliphatic rings. The van der Waals surface area contributed by atoms with Crippen molar-refractivity contribution in [2.45, 2.75) is 13.5 Å². The van der Waals surface area contributed by atoms with Crippen LogP contribution in [-0.2, 0) is 6.54 Å². The van der Waals surface area contributed by atoms with Crippen LogP contribution in [0, 0.1) is 11.3 Å². The minimum absolute atomic E-state index is 0.609. The topological polar surface area (TPSA) is 64.8 Å². The van der Waals surface area contributed by atoms with E-state index in [1.807, 2.05) is 43.1 Å². The third-order valence-electron chi connectivity index (χ3n) is 2.90. The van der Waals surface area contributed by atoms with Crippen LogP contribution >= 0.6 is 0 Å². The predicted molar refractivity (Wildman–Crippen MR) is 79.5 cm³/mol. The van der Waals surface area contributed by atoms with E-state index >= 15 is 0 Å². The Hall–Kier alpha value is -2.61. The van der Waals surface area contributed by atoms with Crippen LogP contribution in [0.1, 0.15) is 18.2 Å². The zero-order valence-corrected chi connectivity index (χ0v) is 11.7. The number of para-hydroxylation sites is 1. The molecule has 0 unspecified atom stereocenters. The first kappa shape index (κ1) is 13.8. The summed E-state index contributed by atoms with van der Waals surface area (Å²) in [4.78, 5) is 10.7. The summed E-state index contributed by atoms with van der Waals surface area (Å²) in [6.07, 6.45) is 3.48. The minimum atomic E-state index is 0.609. The Morgan fingerprint density at radius 1 is 1.25 bits per heavy atom. The standard InChI is InChI=1S/C15H17N5/c1-3-17-15-10-18-13(9-19-15)11-20(2)14-7-5-4-6-12(14)8-16/h4-7,9-10H,3,11H2,1-2H3,(H,17,19). The van der Waals surface area contributed by atoms with Gasteiger partial charge in [0.2, 0.25) is 0 Å². The number of hydrogen-bond donors (Lipinski definition) is 1. The van der Waals surface area contributed by atoms with Crippen LogP contribution in [0.15, 0.2) is 36.7 Å². The molecule has 1 aromatic carbocycles. The SMILES string of the molecule is CCNc1cnc(CN(C)c2ccccc2C#N)cn1. The maximum Gasteiger partial charge on any atom is 0.144 e. The van der Waals surface area contributed by atoms with Crippen LogP contribution in [0.4, 0.5) is 11.5 Å². The molecule has 0 aliphatic carbocycles. The molecule has 0 spiro atoms. The van der Waals surface area contributed by atoms with Crippen molar-refractivity contribution in [1.29, 1.82) is 5.26 Å². The molecule has 0 amide bonds. The Morgan fingerprint density at radius 3 is 2.70 bits per heavy atom.